The van der Waals surface area contributed by atoms with Gasteiger partial charge in [-0.2, -0.15) is 0 Å². The van der Waals surface area contributed by atoms with Gasteiger partial charge in [0, 0.05) is 5.54 Å². The maximum atomic E-state index is 13.3. The van der Waals surface area contributed by atoms with Gasteiger partial charge in [0.25, 0.3) is 0 Å². The Balaban J connectivity index is 2.73. The number of urea groups is 1. The van der Waals surface area contributed by atoms with Crippen LogP contribution in [0.3, 0.4) is 0 Å². The van der Waals surface area contributed by atoms with Crippen LogP contribution in [0.2, 0.25) is 0 Å². The lowest BCUT2D eigenvalue weighted by atomic mass is 10.0. The number of carboxylic acid groups (broad SMARTS) is 1. The summed E-state index contributed by atoms with van der Waals surface area (Å²) in [5.41, 5.74) is -1.62. The molecule has 104 valence electrons. The molecule has 0 spiro atoms. The number of nitrogens with one attached hydrogen (secondary N) is 2. The Labute approximate surface area is 108 Å². The molecule has 19 heavy (non-hydrogen) atoms. The van der Waals surface area contributed by atoms with Crippen molar-refractivity contribution < 1.29 is 23.5 Å². The zero-order valence-corrected chi connectivity index (χ0v) is 10.5. The molecule has 7 heteroatoms. The number of carbonyl (C=O) groups is 2. The fraction of sp³-hybridized carbons (Fsp3) is 0.333. The predicted molar refractivity (Wildman–Crippen MR) is 64.8 cm³/mol. The monoisotopic (exact) mass is 272 g/mol. The highest BCUT2D eigenvalue weighted by atomic mass is 19.1. The number of carbonyl (C=O) groups excluding carboxylic acids is 1. The van der Waals surface area contributed by atoms with Crippen LogP contribution in [0.1, 0.15) is 20.3 Å². The van der Waals surface area contributed by atoms with Gasteiger partial charge in [0.2, 0.25) is 0 Å². The third-order valence-electron chi connectivity index (χ3n) is 2.25. The first-order valence-electron chi connectivity index (χ1n) is 5.46. The summed E-state index contributed by atoms with van der Waals surface area (Å²) in [6.07, 6.45) is -0.319. The SMILES string of the molecule is CC(C)(CC(=O)O)NC(=O)Nc1c(F)cccc1F. The molecule has 0 saturated heterocycles. The van der Waals surface area contributed by atoms with E-state index >= 15 is 0 Å². The number of rotatable bonds is 4. The van der Waals surface area contributed by atoms with E-state index in [1.54, 1.807) is 0 Å². The third-order valence-corrected chi connectivity index (χ3v) is 2.25. The van der Waals surface area contributed by atoms with Crippen molar-refractivity contribution in [3.05, 3.63) is 29.8 Å². The first kappa shape index (κ1) is 14.9. The molecule has 0 bridgehead atoms. The van der Waals surface area contributed by atoms with Gasteiger partial charge < -0.3 is 15.7 Å². The number of carboxylic acids is 1. The standard InChI is InChI=1S/C12H14F2N2O3/c1-12(2,6-9(17)18)16-11(19)15-10-7(13)4-3-5-8(10)14/h3-5H,6H2,1-2H3,(H,17,18)(H2,15,16,19). The van der Waals surface area contributed by atoms with E-state index in [1.807, 2.05) is 5.32 Å². The highest BCUT2D eigenvalue weighted by Gasteiger charge is 2.24. The molecular weight excluding hydrogens is 258 g/mol. The molecule has 0 saturated carbocycles. The summed E-state index contributed by atoms with van der Waals surface area (Å²) in [6, 6.07) is 2.29. The largest absolute Gasteiger partial charge is 0.481 e. The van der Waals surface area contributed by atoms with E-state index in [1.165, 1.54) is 19.9 Å². The molecule has 0 aromatic heterocycles. The number of anilines is 1. The van der Waals surface area contributed by atoms with Crippen LogP contribution in [0.15, 0.2) is 18.2 Å². The number of halogens is 2. The second kappa shape index (κ2) is 5.64. The predicted octanol–water partition coefficient (Wildman–Crippen LogP) is 2.34. The minimum atomic E-state index is -1.10. The van der Waals surface area contributed by atoms with Crippen molar-refractivity contribution >= 4 is 17.7 Å². The van der Waals surface area contributed by atoms with Gasteiger partial charge in [-0.05, 0) is 26.0 Å². The molecule has 1 aromatic rings. The van der Waals surface area contributed by atoms with E-state index in [9.17, 15) is 18.4 Å². The molecule has 1 rings (SSSR count). The van der Waals surface area contributed by atoms with Crippen LogP contribution < -0.4 is 10.6 Å². The summed E-state index contributed by atoms with van der Waals surface area (Å²) in [4.78, 5) is 22.1. The highest BCUT2D eigenvalue weighted by molar-refractivity contribution is 5.90. The normalized spacial score (nSPS) is 10.9. The zero-order chi connectivity index (χ0) is 14.6. The molecule has 1 aromatic carbocycles. The summed E-state index contributed by atoms with van der Waals surface area (Å²) >= 11 is 0. The van der Waals surface area contributed by atoms with Gasteiger partial charge in [0.15, 0.2) is 0 Å². The summed E-state index contributed by atoms with van der Waals surface area (Å²) in [6.45, 7) is 2.97. The minimum Gasteiger partial charge on any atom is -0.481 e. The van der Waals surface area contributed by atoms with E-state index in [0.29, 0.717) is 0 Å². The van der Waals surface area contributed by atoms with Gasteiger partial charge in [0.1, 0.15) is 17.3 Å². The average molecular weight is 272 g/mol. The van der Waals surface area contributed by atoms with Crippen LogP contribution in [-0.2, 0) is 4.79 Å². The Morgan fingerprint density at radius 1 is 1.26 bits per heavy atom. The topological polar surface area (TPSA) is 78.4 Å². The second-order valence-corrected chi connectivity index (χ2v) is 4.63. The van der Waals surface area contributed by atoms with Crippen molar-refractivity contribution in [1.29, 1.82) is 0 Å². The second-order valence-electron chi connectivity index (χ2n) is 4.63. The molecule has 2 amide bonds. The highest BCUT2D eigenvalue weighted by Crippen LogP contribution is 2.18. The molecule has 5 nitrogen and oxygen atoms in total. The fourth-order valence-electron chi connectivity index (χ4n) is 1.49. The third kappa shape index (κ3) is 4.53. The molecule has 0 heterocycles. The van der Waals surface area contributed by atoms with Crippen LogP contribution in [-0.4, -0.2) is 22.6 Å². The Kier molecular flexibility index (Phi) is 4.42. The molecule has 0 aliphatic heterocycles. The molecule has 0 unspecified atom stereocenters. The first-order chi connectivity index (χ1) is 8.71. The van der Waals surface area contributed by atoms with Crippen LogP contribution >= 0.6 is 0 Å². The van der Waals surface area contributed by atoms with E-state index in [4.69, 9.17) is 5.11 Å². The van der Waals surface area contributed by atoms with Gasteiger partial charge in [-0.3, -0.25) is 4.79 Å². The smallest absolute Gasteiger partial charge is 0.319 e. The summed E-state index contributed by atoms with van der Waals surface area (Å²) in [5, 5.41) is 13.0. The Morgan fingerprint density at radius 3 is 2.26 bits per heavy atom. The van der Waals surface area contributed by atoms with E-state index < -0.39 is 34.9 Å². The minimum absolute atomic E-state index is 0.319. The van der Waals surface area contributed by atoms with Crippen LogP contribution in [0.4, 0.5) is 19.3 Å². The number of hydrogen-bond donors (Lipinski definition) is 3. The summed E-state index contributed by atoms with van der Waals surface area (Å²) in [5.74, 6) is -2.92. The van der Waals surface area contributed by atoms with Gasteiger partial charge in [-0.15, -0.1) is 0 Å². The molecule has 0 atom stereocenters. The Morgan fingerprint density at radius 2 is 1.79 bits per heavy atom. The lowest BCUT2D eigenvalue weighted by Gasteiger charge is -2.24. The molecule has 0 aliphatic rings. The van der Waals surface area contributed by atoms with Gasteiger partial charge in [-0.1, -0.05) is 6.07 Å². The van der Waals surface area contributed by atoms with Crippen molar-refractivity contribution in [3.63, 3.8) is 0 Å². The van der Waals surface area contributed by atoms with Crippen molar-refractivity contribution in [1.82, 2.24) is 5.32 Å². The maximum Gasteiger partial charge on any atom is 0.319 e. The lowest BCUT2D eigenvalue weighted by Crippen LogP contribution is -2.47. The Hall–Kier alpha value is -2.18. The summed E-state index contributed by atoms with van der Waals surface area (Å²) < 4.78 is 26.6. The van der Waals surface area contributed by atoms with Gasteiger partial charge >= 0.3 is 12.0 Å². The molecule has 0 radical (unpaired) electrons. The van der Waals surface area contributed by atoms with Crippen molar-refractivity contribution in [3.8, 4) is 0 Å². The quantitative estimate of drug-likeness (QED) is 0.787. The van der Waals surface area contributed by atoms with E-state index in [2.05, 4.69) is 5.32 Å². The molecule has 0 fully saturated rings. The van der Waals surface area contributed by atoms with Crippen molar-refractivity contribution in [2.75, 3.05) is 5.32 Å². The van der Waals surface area contributed by atoms with Crippen molar-refractivity contribution in [2.45, 2.75) is 25.8 Å². The van der Waals surface area contributed by atoms with E-state index in [0.717, 1.165) is 12.1 Å². The van der Waals surface area contributed by atoms with Crippen LogP contribution in [0, 0.1) is 11.6 Å². The Bertz CT molecular complexity index is 483. The number of para-hydroxylation sites is 1. The molecule has 3 N–H and O–H groups in total. The fourth-order valence-corrected chi connectivity index (χ4v) is 1.49. The summed E-state index contributed by atoms with van der Waals surface area (Å²) in [7, 11) is 0. The van der Waals surface area contributed by atoms with Crippen LogP contribution in [0.5, 0.6) is 0 Å². The first-order valence-corrected chi connectivity index (χ1v) is 5.46. The lowest BCUT2D eigenvalue weighted by molar-refractivity contribution is -0.138. The number of benzene rings is 1. The number of aliphatic carboxylic acids is 1. The van der Waals surface area contributed by atoms with Gasteiger partial charge in [0.05, 0.1) is 6.42 Å². The van der Waals surface area contributed by atoms with Crippen molar-refractivity contribution in [2.24, 2.45) is 0 Å². The number of hydrogen-bond acceptors (Lipinski definition) is 2. The van der Waals surface area contributed by atoms with E-state index in [-0.39, 0.29) is 6.42 Å². The molecular formula is C12H14F2N2O3. The van der Waals surface area contributed by atoms with Gasteiger partial charge in [-0.25, -0.2) is 13.6 Å². The maximum absolute atomic E-state index is 13.3. The zero-order valence-electron chi connectivity index (χ0n) is 10.5. The number of amides is 2. The average Bonchev–Trinajstić information content (AvgIpc) is 2.20. The molecule has 0 aliphatic carbocycles. The van der Waals surface area contributed by atoms with Crippen LogP contribution in [0.25, 0.3) is 0 Å².